The second kappa shape index (κ2) is 12.2. The summed E-state index contributed by atoms with van der Waals surface area (Å²) in [5.74, 6) is -1.21. The van der Waals surface area contributed by atoms with Crippen molar-refractivity contribution < 1.29 is 38.4 Å². The molecular weight excluding hydrogens is 538 g/mol. The van der Waals surface area contributed by atoms with Gasteiger partial charge in [0.2, 0.25) is 5.91 Å². The van der Waals surface area contributed by atoms with E-state index in [4.69, 9.17) is 18.9 Å². The number of rotatable bonds is 12. The Bertz CT molecular complexity index is 1450. The Morgan fingerprint density at radius 2 is 1.76 bits per heavy atom. The van der Waals surface area contributed by atoms with Gasteiger partial charge in [-0.25, -0.2) is 9.59 Å². The van der Waals surface area contributed by atoms with Crippen LogP contribution in [0.3, 0.4) is 0 Å². The summed E-state index contributed by atoms with van der Waals surface area (Å²) in [6.07, 6.45) is 1.81. The molecule has 42 heavy (non-hydrogen) atoms. The standard InChI is InChI=1S/C33H35NO8/c1-5-16-39-32(37)30-25(19(3)29-27(31(36)34(29)30)20(4)42-33(38)40-17-6-2)18-41-26-13-9-12-24-22(14-15-35)21-10-7-8-11-23(21)28(24)26/h5-13,19-20,22,27,29,35H,1-2,14-18H2,3-4H3/t19-,20?,22?,27+,29?/m0/s1. The Morgan fingerprint density at radius 1 is 1.05 bits per heavy atom. The zero-order chi connectivity index (χ0) is 30.0. The summed E-state index contributed by atoms with van der Waals surface area (Å²) in [5.41, 5.74) is 5.01. The van der Waals surface area contributed by atoms with Crippen molar-refractivity contribution in [2.45, 2.75) is 38.3 Å². The molecule has 0 saturated carbocycles. The van der Waals surface area contributed by atoms with Gasteiger partial charge < -0.3 is 29.0 Å². The Morgan fingerprint density at radius 3 is 2.50 bits per heavy atom. The Labute approximate surface area is 245 Å². The van der Waals surface area contributed by atoms with E-state index >= 15 is 0 Å². The predicted octanol–water partition coefficient (Wildman–Crippen LogP) is 4.75. The lowest BCUT2D eigenvalue weighted by Crippen LogP contribution is -2.64. The van der Waals surface area contributed by atoms with Gasteiger partial charge in [0.05, 0.1) is 12.0 Å². The molecule has 3 unspecified atom stereocenters. The second-order valence-corrected chi connectivity index (χ2v) is 10.6. The van der Waals surface area contributed by atoms with Crippen molar-refractivity contribution in [2.24, 2.45) is 11.8 Å². The summed E-state index contributed by atoms with van der Waals surface area (Å²) in [5, 5.41) is 9.73. The lowest BCUT2D eigenvalue weighted by atomic mass is 9.77. The van der Waals surface area contributed by atoms with Crippen LogP contribution in [0.2, 0.25) is 0 Å². The molecular formula is C33H35NO8. The van der Waals surface area contributed by atoms with Gasteiger partial charge in [0.25, 0.3) is 0 Å². The Kier molecular flexibility index (Phi) is 8.49. The molecule has 1 saturated heterocycles. The van der Waals surface area contributed by atoms with E-state index in [1.807, 2.05) is 37.3 Å². The van der Waals surface area contributed by atoms with Crippen molar-refractivity contribution in [1.82, 2.24) is 4.90 Å². The van der Waals surface area contributed by atoms with Gasteiger partial charge in [-0.05, 0) is 36.1 Å². The molecule has 1 amide bonds. The van der Waals surface area contributed by atoms with Crippen molar-refractivity contribution >= 4 is 18.0 Å². The number of ether oxygens (including phenoxy) is 4. The molecule has 0 radical (unpaired) electrons. The third kappa shape index (κ3) is 4.98. The Hall–Kier alpha value is -4.37. The third-order valence-electron chi connectivity index (χ3n) is 8.27. The van der Waals surface area contributed by atoms with Gasteiger partial charge >= 0.3 is 12.1 Å². The number of carbonyl (C=O) groups excluding carboxylic acids is 3. The molecule has 9 nitrogen and oxygen atoms in total. The van der Waals surface area contributed by atoms with Gasteiger partial charge in [0.15, 0.2) is 0 Å². The number of carbonyl (C=O) groups is 3. The normalized spacial score (nSPS) is 22.4. The van der Waals surface area contributed by atoms with Crippen LogP contribution in [0, 0.1) is 11.8 Å². The molecule has 0 spiro atoms. The maximum atomic E-state index is 13.4. The van der Waals surface area contributed by atoms with E-state index in [0.717, 1.165) is 22.3 Å². The smallest absolute Gasteiger partial charge is 0.488 e. The van der Waals surface area contributed by atoms with Crippen LogP contribution in [0.15, 0.2) is 79.0 Å². The van der Waals surface area contributed by atoms with E-state index in [2.05, 4.69) is 25.3 Å². The van der Waals surface area contributed by atoms with Crippen molar-refractivity contribution in [2.75, 3.05) is 26.4 Å². The summed E-state index contributed by atoms with van der Waals surface area (Å²) >= 11 is 0. The van der Waals surface area contributed by atoms with Crippen LogP contribution in [0.1, 0.15) is 37.3 Å². The number of esters is 1. The fourth-order valence-corrected chi connectivity index (χ4v) is 6.44. The topological polar surface area (TPSA) is 112 Å². The fraction of sp³-hybridized carbons (Fsp3) is 0.364. The minimum atomic E-state index is -0.890. The van der Waals surface area contributed by atoms with E-state index in [1.165, 1.54) is 17.1 Å². The molecule has 2 aromatic carbocycles. The van der Waals surface area contributed by atoms with Crippen molar-refractivity contribution in [3.8, 4) is 16.9 Å². The summed E-state index contributed by atoms with van der Waals surface area (Å²) in [6, 6.07) is 13.5. The van der Waals surface area contributed by atoms with Gasteiger partial charge in [-0.15, -0.1) is 0 Å². The van der Waals surface area contributed by atoms with Gasteiger partial charge in [-0.2, -0.15) is 0 Å². The van der Waals surface area contributed by atoms with Crippen LogP contribution in [-0.4, -0.2) is 66.6 Å². The monoisotopic (exact) mass is 573 g/mol. The maximum absolute atomic E-state index is 13.4. The number of aliphatic hydroxyl groups is 1. The van der Waals surface area contributed by atoms with E-state index in [0.29, 0.717) is 17.7 Å². The average molecular weight is 574 g/mol. The van der Waals surface area contributed by atoms with E-state index < -0.39 is 30.2 Å². The number of nitrogens with zero attached hydrogens (tertiary/aromatic N) is 1. The maximum Gasteiger partial charge on any atom is 0.508 e. The van der Waals surface area contributed by atoms with Crippen LogP contribution < -0.4 is 4.74 Å². The first-order valence-electron chi connectivity index (χ1n) is 14.1. The molecule has 2 aliphatic heterocycles. The highest BCUT2D eigenvalue weighted by Gasteiger charge is 2.61. The lowest BCUT2D eigenvalue weighted by molar-refractivity contribution is -0.164. The number of benzene rings is 2. The molecule has 9 heteroatoms. The third-order valence-corrected chi connectivity index (χ3v) is 8.27. The summed E-state index contributed by atoms with van der Waals surface area (Å²) in [7, 11) is 0. The quantitative estimate of drug-likeness (QED) is 0.220. The van der Waals surface area contributed by atoms with Crippen molar-refractivity contribution in [1.29, 1.82) is 0 Å². The van der Waals surface area contributed by atoms with Crippen LogP contribution in [0.25, 0.3) is 11.1 Å². The van der Waals surface area contributed by atoms with Crippen LogP contribution in [0.4, 0.5) is 4.79 Å². The molecule has 2 aromatic rings. The predicted molar refractivity (Wildman–Crippen MR) is 154 cm³/mol. The van der Waals surface area contributed by atoms with Gasteiger partial charge in [-0.1, -0.05) is 68.6 Å². The molecule has 5 atom stereocenters. The van der Waals surface area contributed by atoms with Crippen LogP contribution in [0.5, 0.6) is 5.75 Å². The lowest BCUT2D eigenvalue weighted by Gasteiger charge is -2.47. The first kappa shape index (κ1) is 29.1. The zero-order valence-electron chi connectivity index (χ0n) is 23.8. The largest absolute Gasteiger partial charge is 0.508 e. The minimum Gasteiger partial charge on any atom is -0.488 e. The fourth-order valence-electron chi connectivity index (χ4n) is 6.44. The van der Waals surface area contributed by atoms with E-state index in [1.54, 1.807) is 6.92 Å². The van der Waals surface area contributed by atoms with Gasteiger partial charge in [0, 0.05) is 29.6 Å². The number of fused-ring (bicyclic) bond motifs is 4. The first-order valence-corrected chi connectivity index (χ1v) is 14.1. The molecule has 1 N–H and O–H groups in total. The molecule has 220 valence electrons. The SMILES string of the molecule is C=CCOC(=O)OC(C)[C@H]1C(=O)N2C(C(=O)OCC=C)=C(COc3cccc4c3-c3ccccc3C4CCO)[C@H](C)C12. The summed E-state index contributed by atoms with van der Waals surface area (Å²) < 4.78 is 22.1. The molecule has 3 aliphatic rings. The number of hydrogen-bond acceptors (Lipinski definition) is 8. The number of β-lactam (4-membered cyclic amide) rings is 1. The minimum absolute atomic E-state index is 0.00708. The number of aliphatic hydroxyl groups excluding tert-OH is 1. The first-order chi connectivity index (χ1) is 20.3. The van der Waals surface area contributed by atoms with Crippen LogP contribution in [-0.2, 0) is 23.8 Å². The van der Waals surface area contributed by atoms with Crippen molar-refractivity contribution in [3.63, 3.8) is 0 Å². The highest BCUT2D eigenvalue weighted by molar-refractivity contribution is 6.01. The molecule has 1 aliphatic carbocycles. The summed E-state index contributed by atoms with van der Waals surface area (Å²) in [6.45, 7) is 10.8. The van der Waals surface area contributed by atoms with Gasteiger partial charge in [0.1, 0.15) is 37.4 Å². The number of amides is 1. The van der Waals surface area contributed by atoms with Crippen LogP contribution >= 0.6 is 0 Å². The number of hydrogen-bond donors (Lipinski definition) is 1. The molecule has 2 heterocycles. The van der Waals surface area contributed by atoms with Crippen molar-refractivity contribution in [3.05, 3.63) is 90.2 Å². The summed E-state index contributed by atoms with van der Waals surface area (Å²) in [4.78, 5) is 40.1. The second-order valence-electron chi connectivity index (χ2n) is 10.6. The highest BCUT2D eigenvalue weighted by atomic mass is 16.7. The Balaban J connectivity index is 1.43. The molecule has 0 bridgehead atoms. The highest BCUT2D eigenvalue weighted by Crippen LogP contribution is 2.51. The van der Waals surface area contributed by atoms with E-state index in [-0.39, 0.29) is 49.9 Å². The van der Waals surface area contributed by atoms with E-state index in [9.17, 15) is 19.5 Å². The van der Waals surface area contributed by atoms with Gasteiger partial charge in [-0.3, -0.25) is 4.79 Å². The molecule has 0 aromatic heterocycles. The zero-order valence-corrected chi connectivity index (χ0v) is 23.8. The molecule has 1 fully saturated rings. The molecule has 5 rings (SSSR count). The average Bonchev–Trinajstić information content (AvgIpc) is 3.43.